The van der Waals surface area contributed by atoms with Crippen molar-refractivity contribution in [3.8, 4) is 0 Å². The zero-order valence-corrected chi connectivity index (χ0v) is 11.8. The van der Waals surface area contributed by atoms with E-state index in [0.717, 1.165) is 12.3 Å². The number of thiophene rings is 1. The van der Waals surface area contributed by atoms with E-state index in [1.807, 2.05) is 11.3 Å². The van der Waals surface area contributed by atoms with Gasteiger partial charge < -0.3 is 0 Å². The smallest absolute Gasteiger partial charge is 0.0706 e. The Bertz CT molecular complexity index is 323. The van der Waals surface area contributed by atoms with Crippen LogP contribution in [0.15, 0.2) is 12.1 Å². The van der Waals surface area contributed by atoms with Crippen molar-refractivity contribution >= 4 is 22.9 Å². The topological polar surface area (TPSA) is 0 Å². The molecule has 1 saturated carbocycles. The van der Waals surface area contributed by atoms with E-state index in [-0.39, 0.29) is 5.38 Å². The number of aryl methyl sites for hydroxylation is 1. The van der Waals surface area contributed by atoms with Crippen molar-refractivity contribution < 1.29 is 0 Å². The van der Waals surface area contributed by atoms with Gasteiger partial charge >= 0.3 is 0 Å². The largest absolute Gasteiger partial charge is 0.144 e. The van der Waals surface area contributed by atoms with E-state index in [9.17, 15) is 0 Å². The summed E-state index contributed by atoms with van der Waals surface area (Å²) in [4.78, 5) is 2.85. The molecule has 0 aliphatic heterocycles. The summed E-state index contributed by atoms with van der Waals surface area (Å²) < 4.78 is 0. The molecule has 1 heterocycles. The summed E-state index contributed by atoms with van der Waals surface area (Å²) in [7, 11) is 0. The van der Waals surface area contributed by atoms with Gasteiger partial charge in [-0.1, -0.05) is 26.7 Å². The van der Waals surface area contributed by atoms with Crippen LogP contribution in [0.5, 0.6) is 0 Å². The molecule has 0 spiro atoms. The number of alkyl halides is 1. The van der Waals surface area contributed by atoms with Crippen molar-refractivity contribution in [1.29, 1.82) is 0 Å². The van der Waals surface area contributed by atoms with Gasteiger partial charge in [-0.25, -0.2) is 0 Å². The van der Waals surface area contributed by atoms with Gasteiger partial charge in [0.25, 0.3) is 0 Å². The standard InChI is InChI=1S/C14H21ClS/c1-3-12-8-9-13(16-12)14(15)11-6-4-10(2)5-7-11/h8-11,14H,3-7H2,1-2H3. The lowest BCUT2D eigenvalue weighted by atomic mass is 9.81. The zero-order chi connectivity index (χ0) is 11.5. The molecular formula is C14H21ClS. The van der Waals surface area contributed by atoms with Crippen LogP contribution in [0.1, 0.15) is 54.7 Å². The average Bonchev–Trinajstić information content (AvgIpc) is 2.77. The average molecular weight is 257 g/mol. The highest BCUT2D eigenvalue weighted by Crippen LogP contribution is 2.42. The van der Waals surface area contributed by atoms with E-state index >= 15 is 0 Å². The highest BCUT2D eigenvalue weighted by atomic mass is 35.5. The van der Waals surface area contributed by atoms with Crippen molar-refractivity contribution in [2.45, 2.75) is 51.3 Å². The first-order valence-corrected chi connectivity index (χ1v) is 7.68. The van der Waals surface area contributed by atoms with Crippen LogP contribution in [0.4, 0.5) is 0 Å². The maximum Gasteiger partial charge on any atom is 0.0706 e. The fraction of sp³-hybridized carbons (Fsp3) is 0.714. The first-order chi connectivity index (χ1) is 7.70. The van der Waals surface area contributed by atoms with Crippen LogP contribution >= 0.6 is 22.9 Å². The van der Waals surface area contributed by atoms with Gasteiger partial charge in [-0.2, -0.15) is 0 Å². The minimum atomic E-state index is 0.262. The van der Waals surface area contributed by atoms with Crippen LogP contribution in [0.3, 0.4) is 0 Å². The fourth-order valence-corrected chi connectivity index (χ4v) is 4.03. The molecule has 0 saturated heterocycles. The van der Waals surface area contributed by atoms with Crippen LogP contribution in [0, 0.1) is 11.8 Å². The number of hydrogen-bond acceptors (Lipinski definition) is 1. The molecule has 1 fully saturated rings. The molecule has 1 atom stereocenters. The molecule has 0 radical (unpaired) electrons. The number of hydrogen-bond donors (Lipinski definition) is 0. The molecule has 0 bridgehead atoms. The van der Waals surface area contributed by atoms with Crippen LogP contribution in [0.25, 0.3) is 0 Å². The molecule has 1 aliphatic carbocycles. The Kier molecular flexibility index (Phi) is 4.32. The molecule has 1 unspecified atom stereocenters. The molecule has 16 heavy (non-hydrogen) atoms. The minimum absolute atomic E-state index is 0.262. The minimum Gasteiger partial charge on any atom is -0.144 e. The number of halogens is 1. The third-order valence-corrected chi connectivity index (χ3v) is 5.81. The van der Waals surface area contributed by atoms with E-state index in [2.05, 4.69) is 26.0 Å². The van der Waals surface area contributed by atoms with E-state index in [4.69, 9.17) is 11.6 Å². The summed E-state index contributed by atoms with van der Waals surface area (Å²) in [5, 5.41) is 0.262. The molecule has 1 aliphatic rings. The summed E-state index contributed by atoms with van der Waals surface area (Å²) in [5.74, 6) is 1.62. The highest BCUT2D eigenvalue weighted by Gasteiger charge is 2.26. The molecule has 2 heteroatoms. The Hall–Kier alpha value is -0.0100. The van der Waals surface area contributed by atoms with Crippen molar-refractivity contribution in [3.05, 3.63) is 21.9 Å². The van der Waals surface area contributed by atoms with E-state index in [1.54, 1.807) is 0 Å². The van der Waals surface area contributed by atoms with Gasteiger partial charge in [-0.15, -0.1) is 22.9 Å². The molecule has 0 N–H and O–H groups in total. The summed E-state index contributed by atoms with van der Waals surface area (Å²) in [6, 6.07) is 4.47. The van der Waals surface area contributed by atoms with E-state index in [1.165, 1.54) is 35.4 Å². The molecule has 0 amide bonds. The SMILES string of the molecule is CCc1ccc(C(Cl)C2CCC(C)CC2)s1. The van der Waals surface area contributed by atoms with Crippen molar-refractivity contribution in [1.82, 2.24) is 0 Å². The van der Waals surface area contributed by atoms with Crippen LogP contribution in [-0.4, -0.2) is 0 Å². The Morgan fingerprint density at radius 2 is 2.00 bits per heavy atom. The van der Waals surface area contributed by atoms with Crippen molar-refractivity contribution in [2.75, 3.05) is 0 Å². The monoisotopic (exact) mass is 256 g/mol. The first kappa shape index (κ1) is 12.4. The normalized spacial score (nSPS) is 27.9. The molecular weight excluding hydrogens is 236 g/mol. The van der Waals surface area contributed by atoms with E-state index in [0.29, 0.717) is 5.92 Å². The Morgan fingerprint density at radius 3 is 2.56 bits per heavy atom. The zero-order valence-electron chi connectivity index (χ0n) is 10.2. The van der Waals surface area contributed by atoms with Crippen molar-refractivity contribution in [3.63, 3.8) is 0 Å². The van der Waals surface area contributed by atoms with Crippen LogP contribution < -0.4 is 0 Å². The molecule has 90 valence electrons. The van der Waals surface area contributed by atoms with Crippen LogP contribution in [0.2, 0.25) is 0 Å². The van der Waals surface area contributed by atoms with Crippen LogP contribution in [-0.2, 0) is 6.42 Å². The lowest BCUT2D eigenvalue weighted by Crippen LogP contribution is -2.15. The Morgan fingerprint density at radius 1 is 1.31 bits per heavy atom. The van der Waals surface area contributed by atoms with Gasteiger partial charge in [0, 0.05) is 9.75 Å². The van der Waals surface area contributed by atoms with Gasteiger partial charge in [0.2, 0.25) is 0 Å². The predicted octanol–water partition coefficient (Wildman–Crippen LogP) is 5.42. The molecule has 0 aromatic carbocycles. The van der Waals surface area contributed by atoms with Crippen molar-refractivity contribution in [2.24, 2.45) is 11.8 Å². The second-order valence-electron chi connectivity index (χ2n) is 5.08. The highest BCUT2D eigenvalue weighted by molar-refractivity contribution is 7.12. The fourth-order valence-electron chi connectivity index (χ4n) is 2.54. The molecule has 1 aromatic rings. The van der Waals surface area contributed by atoms with Gasteiger partial charge in [0.05, 0.1) is 5.38 Å². The van der Waals surface area contributed by atoms with Gasteiger partial charge in [0.15, 0.2) is 0 Å². The molecule has 2 rings (SSSR count). The first-order valence-electron chi connectivity index (χ1n) is 6.43. The maximum absolute atomic E-state index is 6.61. The Balaban J connectivity index is 1.98. The second-order valence-corrected chi connectivity index (χ2v) is 6.75. The van der Waals surface area contributed by atoms with Gasteiger partial charge in [-0.3, -0.25) is 0 Å². The number of rotatable bonds is 3. The Labute approximate surface area is 108 Å². The third-order valence-electron chi connectivity index (χ3n) is 3.78. The lowest BCUT2D eigenvalue weighted by molar-refractivity contribution is 0.284. The van der Waals surface area contributed by atoms with E-state index < -0.39 is 0 Å². The second kappa shape index (κ2) is 5.55. The summed E-state index contributed by atoms with van der Waals surface area (Å²) in [5.41, 5.74) is 0. The summed E-state index contributed by atoms with van der Waals surface area (Å²) >= 11 is 8.52. The predicted molar refractivity (Wildman–Crippen MR) is 73.4 cm³/mol. The third kappa shape index (κ3) is 2.81. The quantitative estimate of drug-likeness (QED) is 0.634. The lowest BCUT2D eigenvalue weighted by Gasteiger charge is -2.29. The maximum atomic E-state index is 6.61. The summed E-state index contributed by atoms with van der Waals surface area (Å²) in [6.45, 7) is 4.57. The molecule has 1 aromatic heterocycles. The molecule has 0 nitrogen and oxygen atoms in total. The summed E-state index contributed by atoms with van der Waals surface area (Å²) in [6.07, 6.45) is 6.49. The van der Waals surface area contributed by atoms with Gasteiger partial charge in [-0.05, 0) is 43.2 Å². The van der Waals surface area contributed by atoms with Gasteiger partial charge in [0.1, 0.15) is 0 Å².